The average molecular weight is 312 g/mol. The van der Waals surface area contributed by atoms with Crippen molar-refractivity contribution in [2.75, 3.05) is 13.1 Å². The maximum absolute atomic E-state index is 11.5. The summed E-state index contributed by atoms with van der Waals surface area (Å²) in [5.74, 6) is 0. The molecule has 5 heteroatoms. The molecule has 0 aliphatic heterocycles. The lowest BCUT2D eigenvalue weighted by Gasteiger charge is -2.19. The van der Waals surface area contributed by atoms with Gasteiger partial charge in [-0.25, -0.2) is 9.44 Å². The summed E-state index contributed by atoms with van der Waals surface area (Å²) in [5.41, 5.74) is 2.72. The number of hydrogen-bond donors (Lipinski definition) is 2. The van der Waals surface area contributed by atoms with Crippen LogP contribution in [-0.2, 0) is 22.0 Å². The van der Waals surface area contributed by atoms with Gasteiger partial charge in [0.1, 0.15) is 0 Å². The van der Waals surface area contributed by atoms with Crippen LogP contribution in [0.15, 0.2) is 24.3 Å². The van der Waals surface area contributed by atoms with Crippen molar-refractivity contribution in [1.29, 1.82) is 0 Å². The Morgan fingerprint density at radius 2 is 1.57 bits per heavy atom. The molecule has 1 aromatic rings. The quantitative estimate of drug-likeness (QED) is 0.725. The summed E-state index contributed by atoms with van der Waals surface area (Å²) in [7, 11) is -3.32. The van der Waals surface area contributed by atoms with E-state index in [1.54, 1.807) is 0 Å². The van der Waals surface area contributed by atoms with Gasteiger partial charge in [-0.3, -0.25) is 0 Å². The molecule has 0 saturated heterocycles. The minimum atomic E-state index is -3.32. The van der Waals surface area contributed by atoms with Crippen LogP contribution < -0.4 is 9.44 Å². The van der Waals surface area contributed by atoms with Gasteiger partial charge in [0.2, 0.25) is 0 Å². The number of hydrogen-bond acceptors (Lipinski definition) is 2. The molecule has 0 aliphatic carbocycles. The summed E-state index contributed by atoms with van der Waals surface area (Å²) in [4.78, 5) is 0. The number of rotatable bonds is 8. The molecule has 0 heterocycles. The van der Waals surface area contributed by atoms with E-state index in [0.29, 0.717) is 13.1 Å². The minimum Gasteiger partial charge on any atom is -0.202 e. The first-order chi connectivity index (χ1) is 9.74. The Morgan fingerprint density at radius 1 is 1.00 bits per heavy atom. The predicted molar refractivity (Wildman–Crippen MR) is 88.7 cm³/mol. The van der Waals surface area contributed by atoms with Crippen molar-refractivity contribution in [3.63, 3.8) is 0 Å². The molecule has 120 valence electrons. The molecule has 1 aromatic carbocycles. The van der Waals surface area contributed by atoms with Crippen molar-refractivity contribution in [3.05, 3.63) is 35.4 Å². The molecule has 0 aliphatic rings. The molecule has 0 fully saturated rings. The second kappa shape index (κ2) is 7.92. The lowest BCUT2D eigenvalue weighted by molar-refractivity contribution is 0.563. The Morgan fingerprint density at radius 3 is 2.10 bits per heavy atom. The highest BCUT2D eigenvalue weighted by Gasteiger charge is 2.12. The van der Waals surface area contributed by atoms with Crippen LogP contribution in [-0.4, -0.2) is 21.5 Å². The molecule has 0 atom stereocenters. The van der Waals surface area contributed by atoms with E-state index < -0.39 is 10.2 Å². The van der Waals surface area contributed by atoms with Crippen LogP contribution in [0.3, 0.4) is 0 Å². The van der Waals surface area contributed by atoms with E-state index in [0.717, 1.165) is 19.3 Å². The van der Waals surface area contributed by atoms with Crippen LogP contribution >= 0.6 is 0 Å². The maximum Gasteiger partial charge on any atom is 0.276 e. The van der Waals surface area contributed by atoms with Crippen molar-refractivity contribution >= 4 is 10.2 Å². The molecule has 0 radical (unpaired) electrons. The molecule has 4 nitrogen and oxygen atoms in total. The van der Waals surface area contributed by atoms with Crippen LogP contribution in [0, 0.1) is 0 Å². The molecule has 0 spiro atoms. The van der Waals surface area contributed by atoms with Crippen LogP contribution in [0.25, 0.3) is 0 Å². The van der Waals surface area contributed by atoms with E-state index in [2.05, 4.69) is 54.5 Å². The van der Waals surface area contributed by atoms with Gasteiger partial charge >= 0.3 is 0 Å². The summed E-state index contributed by atoms with van der Waals surface area (Å²) < 4.78 is 28.1. The normalized spacial score (nSPS) is 12.6. The van der Waals surface area contributed by atoms with Crippen molar-refractivity contribution in [1.82, 2.24) is 9.44 Å². The molecular formula is C16H28N2O2S. The Kier molecular flexibility index (Phi) is 6.84. The van der Waals surface area contributed by atoms with E-state index in [1.807, 2.05) is 6.92 Å². The van der Waals surface area contributed by atoms with Crippen molar-refractivity contribution in [3.8, 4) is 0 Å². The maximum atomic E-state index is 11.5. The first-order valence-corrected chi connectivity index (χ1v) is 9.06. The van der Waals surface area contributed by atoms with Gasteiger partial charge in [0.05, 0.1) is 0 Å². The minimum absolute atomic E-state index is 0.166. The van der Waals surface area contributed by atoms with Crippen molar-refractivity contribution in [2.24, 2.45) is 0 Å². The number of nitrogens with one attached hydrogen (secondary N) is 2. The zero-order valence-corrected chi connectivity index (χ0v) is 14.4. The fraction of sp³-hybridized carbons (Fsp3) is 0.625. The highest BCUT2D eigenvalue weighted by Crippen LogP contribution is 2.22. The zero-order valence-electron chi connectivity index (χ0n) is 13.6. The van der Waals surface area contributed by atoms with Gasteiger partial charge in [0.25, 0.3) is 10.2 Å². The fourth-order valence-electron chi connectivity index (χ4n) is 1.96. The largest absolute Gasteiger partial charge is 0.276 e. The van der Waals surface area contributed by atoms with Crippen LogP contribution in [0.2, 0.25) is 0 Å². The molecule has 2 N–H and O–H groups in total. The van der Waals surface area contributed by atoms with E-state index in [9.17, 15) is 8.42 Å². The smallest absolute Gasteiger partial charge is 0.202 e. The first kappa shape index (κ1) is 18.1. The molecule has 0 unspecified atom stereocenters. The molecule has 0 amide bonds. The van der Waals surface area contributed by atoms with Gasteiger partial charge in [-0.15, -0.1) is 0 Å². The Hall–Kier alpha value is -0.910. The Labute approximate surface area is 129 Å². The van der Waals surface area contributed by atoms with Crippen molar-refractivity contribution in [2.45, 2.75) is 52.4 Å². The van der Waals surface area contributed by atoms with E-state index in [1.165, 1.54) is 11.1 Å². The second-order valence-electron chi connectivity index (χ2n) is 6.34. The molecule has 0 aromatic heterocycles. The standard InChI is InChI=1S/C16H28N2O2S/c1-5-12-17-21(19,20)18-13-6-7-14-8-10-15(11-9-14)16(2,3)4/h8-11,17-18H,5-7,12-13H2,1-4H3. The van der Waals surface area contributed by atoms with Gasteiger partial charge in [0.15, 0.2) is 0 Å². The predicted octanol–water partition coefficient (Wildman–Crippen LogP) is 2.75. The van der Waals surface area contributed by atoms with Gasteiger partial charge < -0.3 is 0 Å². The van der Waals surface area contributed by atoms with E-state index in [4.69, 9.17) is 0 Å². The third kappa shape index (κ3) is 7.07. The van der Waals surface area contributed by atoms with Crippen molar-refractivity contribution < 1.29 is 8.42 Å². The fourth-order valence-corrected chi connectivity index (χ4v) is 2.95. The van der Waals surface area contributed by atoms with Gasteiger partial charge in [-0.1, -0.05) is 52.0 Å². The van der Waals surface area contributed by atoms with Crippen LogP contribution in [0.5, 0.6) is 0 Å². The first-order valence-electron chi connectivity index (χ1n) is 7.58. The summed E-state index contributed by atoms with van der Waals surface area (Å²) in [6, 6.07) is 8.57. The molecule has 0 saturated carbocycles. The Balaban J connectivity index is 2.36. The average Bonchev–Trinajstić information content (AvgIpc) is 2.41. The summed E-state index contributed by atoms with van der Waals surface area (Å²) in [6.45, 7) is 9.45. The highest BCUT2D eigenvalue weighted by atomic mass is 32.2. The van der Waals surface area contributed by atoms with Gasteiger partial charge in [0, 0.05) is 13.1 Å². The van der Waals surface area contributed by atoms with Crippen LogP contribution in [0.1, 0.15) is 51.7 Å². The van der Waals surface area contributed by atoms with Crippen LogP contribution in [0.4, 0.5) is 0 Å². The van der Waals surface area contributed by atoms with E-state index >= 15 is 0 Å². The molecular weight excluding hydrogens is 284 g/mol. The third-order valence-corrected chi connectivity index (χ3v) is 4.46. The lowest BCUT2D eigenvalue weighted by Crippen LogP contribution is -2.37. The zero-order chi connectivity index (χ0) is 15.9. The topological polar surface area (TPSA) is 58.2 Å². The lowest BCUT2D eigenvalue weighted by atomic mass is 9.86. The third-order valence-electron chi connectivity index (χ3n) is 3.30. The summed E-state index contributed by atoms with van der Waals surface area (Å²) in [5, 5.41) is 0. The molecule has 1 rings (SSSR count). The number of aryl methyl sites for hydroxylation is 1. The van der Waals surface area contributed by atoms with E-state index in [-0.39, 0.29) is 5.41 Å². The van der Waals surface area contributed by atoms with Gasteiger partial charge in [-0.2, -0.15) is 8.42 Å². The molecule has 0 bridgehead atoms. The summed E-state index contributed by atoms with van der Waals surface area (Å²) >= 11 is 0. The second-order valence-corrected chi connectivity index (χ2v) is 7.93. The van der Waals surface area contributed by atoms with Gasteiger partial charge in [-0.05, 0) is 35.8 Å². The Bertz CT molecular complexity index is 516. The molecule has 21 heavy (non-hydrogen) atoms. The monoisotopic (exact) mass is 312 g/mol. The highest BCUT2D eigenvalue weighted by molar-refractivity contribution is 7.87. The summed E-state index contributed by atoms with van der Waals surface area (Å²) in [6.07, 6.45) is 2.46. The number of benzene rings is 1. The SMILES string of the molecule is CCCNS(=O)(=O)NCCCc1ccc(C(C)(C)C)cc1.